The summed E-state index contributed by atoms with van der Waals surface area (Å²) >= 11 is 0. The molecule has 0 saturated carbocycles. The van der Waals surface area contributed by atoms with E-state index in [1.807, 2.05) is 17.7 Å². The Morgan fingerprint density at radius 1 is 1.03 bits per heavy atom. The van der Waals surface area contributed by atoms with Gasteiger partial charge in [-0.2, -0.15) is 0 Å². The molecule has 2 aromatic heterocycles. The molecule has 3 aromatic rings. The Hall–Kier alpha value is -3.31. The third kappa shape index (κ3) is 3.73. The van der Waals surface area contributed by atoms with Crippen LogP contribution in [0, 0.1) is 6.92 Å². The number of nitrogens with one attached hydrogen (secondary N) is 2. The average Bonchev–Trinajstić information content (AvgIpc) is 3.41. The minimum atomic E-state index is -3.66. The fourth-order valence-electron chi connectivity index (χ4n) is 4.24. The molecule has 2 aliphatic heterocycles. The second-order valence-electron chi connectivity index (χ2n) is 7.82. The van der Waals surface area contributed by atoms with Crippen molar-refractivity contribution in [1.82, 2.24) is 24.2 Å². The molecule has 0 saturated heterocycles. The maximum absolute atomic E-state index is 12.9. The van der Waals surface area contributed by atoms with E-state index in [0.29, 0.717) is 44.0 Å². The lowest BCUT2D eigenvalue weighted by Crippen LogP contribution is -2.33. The molecule has 0 radical (unpaired) electrons. The summed E-state index contributed by atoms with van der Waals surface area (Å²) in [6, 6.07) is 5.17. The predicted octanol–water partition coefficient (Wildman–Crippen LogP) is 1.20. The first-order valence-corrected chi connectivity index (χ1v) is 11.9. The minimum Gasteiger partial charge on any atom is -0.369 e. The molecule has 0 unspecified atom stereocenters. The van der Waals surface area contributed by atoms with Crippen molar-refractivity contribution < 1.29 is 13.2 Å². The van der Waals surface area contributed by atoms with Crippen molar-refractivity contribution >= 4 is 27.4 Å². The normalized spacial score (nSPS) is 15.2. The quantitative estimate of drug-likeness (QED) is 0.516. The number of aromatic nitrogens is 4. The number of carbonyl (C=O) groups excluding carboxylic acids is 1. The summed E-state index contributed by atoms with van der Waals surface area (Å²) < 4.78 is 30.2. The van der Waals surface area contributed by atoms with Crippen LogP contribution in [0.5, 0.6) is 0 Å². The van der Waals surface area contributed by atoms with Crippen LogP contribution in [0.3, 0.4) is 0 Å². The molecule has 0 atom stereocenters. The Kier molecular flexibility index (Phi) is 5.14. The summed E-state index contributed by atoms with van der Waals surface area (Å²) in [5.74, 6) is 2.20. The third-order valence-electron chi connectivity index (χ3n) is 5.78. The van der Waals surface area contributed by atoms with E-state index in [1.54, 1.807) is 29.3 Å². The molecular weight excluding hydrogens is 430 g/mol. The fourth-order valence-corrected chi connectivity index (χ4v) is 5.37. The van der Waals surface area contributed by atoms with Gasteiger partial charge in [-0.15, -0.1) is 0 Å². The number of hydrogen-bond acceptors (Lipinski definition) is 7. The molecule has 0 fully saturated rings. The number of hydrogen-bond donors (Lipinski definition) is 2. The van der Waals surface area contributed by atoms with Crippen LogP contribution < -0.4 is 14.9 Å². The molecule has 10 nitrogen and oxygen atoms in total. The van der Waals surface area contributed by atoms with E-state index in [1.165, 1.54) is 6.33 Å². The van der Waals surface area contributed by atoms with Gasteiger partial charge < -0.3 is 10.2 Å². The Balaban J connectivity index is 1.24. The van der Waals surface area contributed by atoms with Crippen molar-refractivity contribution in [2.75, 3.05) is 29.9 Å². The highest BCUT2D eigenvalue weighted by atomic mass is 32.2. The standard InChI is InChI=1S/C21H23N7O3S/c1-14-22-7-9-27(14)19-12-18(24-13-25-19)23-5-6-26-32(30,31)17-10-15-2-3-20(29)28-8-4-16(11-17)21(15)28/h7,9-13,26H,2-6,8H2,1H3,(H,23,24,25). The summed E-state index contributed by atoms with van der Waals surface area (Å²) in [6.45, 7) is 3.07. The highest BCUT2D eigenvalue weighted by Gasteiger charge is 2.32. The molecular formula is C21H23N7O3S. The summed E-state index contributed by atoms with van der Waals surface area (Å²) in [4.78, 5) is 26.7. The summed E-state index contributed by atoms with van der Waals surface area (Å²) in [5.41, 5.74) is 2.77. The van der Waals surface area contributed by atoms with E-state index in [4.69, 9.17) is 0 Å². The molecule has 5 rings (SSSR count). The predicted molar refractivity (Wildman–Crippen MR) is 118 cm³/mol. The van der Waals surface area contributed by atoms with Crippen molar-refractivity contribution in [3.63, 3.8) is 0 Å². The van der Waals surface area contributed by atoms with E-state index < -0.39 is 10.0 Å². The summed E-state index contributed by atoms with van der Waals surface area (Å²) in [7, 11) is -3.66. The molecule has 1 aromatic carbocycles. The molecule has 2 N–H and O–H groups in total. The Labute approximate surface area is 185 Å². The van der Waals surface area contributed by atoms with Gasteiger partial charge in [0.1, 0.15) is 23.8 Å². The number of nitrogens with zero attached hydrogens (tertiary/aromatic N) is 5. The van der Waals surface area contributed by atoms with Gasteiger partial charge in [0.2, 0.25) is 15.9 Å². The highest BCUT2D eigenvalue weighted by molar-refractivity contribution is 7.89. The maximum atomic E-state index is 12.9. The fraction of sp³-hybridized carbons (Fsp3) is 0.333. The highest BCUT2D eigenvalue weighted by Crippen LogP contribution is 2.38. The third-order valence-corrected chi connectivity index (χ3v) is 7.22. The first-order valence-electron chi connectivity index (χ1n) is 10.4. The van der Waals surface area contributed by atoms with E-state index in [-0.39, 0.29) is 17.3 Å². The Morgan fingerprint density at radius 3 is 2.62 bits per heavy atom. The Bertz CT molecular complexity index is 1300. The number of imidazole rings is 1. The van der Waals surface area contributed by atoms with Crippen molar-refractivity contribution in [3.05, 3.63) is 53.9 Å². The number of aryl methyl sites for hydroxylation is 2. The van der Waals surface area contributed by atoms with Gasteiger partial charge in [-0.05, 0) is 43.0 Å². The minimum absolute atomic E-state index is 0.118. The zero-order valence-electron chi connectivity index (χ0n) is 17.6. The van der Waals surface area contributed by atoms with Crippen LogP contribution in [-0.4, -0.2) is 53.5 Å². The molecule has 1 amide bonds. The zero-order chi connectivity index (χ0) is 22.3. The van der Waals surface area contributed by atoms with E-state index in [2.05, 4.69) is 25.0 Å². The topological polar surface area (TPSA) is 122 Å². The summed E-state index contributed by atoms with van der Waals surface area (Å²) in [5, 5.41) is 3.12. The van der Waals surface area contributed by atoms with Crippen LogP contribution in [0.2, 0.25) is 0 Å². The van der Waals surface area contributed by atoms with E-state index in [0.717, 1.165) is 22.6 Å². The van der Waals surface area contributed by atoms with Gasteiger partial charge in [-0.25, -0.2) is 28.1 Å². The van der Waals surface area contributed by atoms with Crippen molar-refractivity contribution in [3.8, 4) is 5.82 Å². The second-order valence-corrected chi connectivity index (χ2v) is 9.58. The lowest BCUT2D eigenvalue weighted by Gasteiger charge is -2.25. The molecule has 4 heterocycles. The number of carbonyl (C=O) groups is 1. The van der Waals surface area contributed by atoms with Crippen molar-refractivity contribution in [2.24, 2.45) is 0 Å². The largest absolute Gasteiger partial charge is 0.369 e. The van der Waals surface area contributed by atoms with Crippen molar-refractivity contribution in [1.29, 1.82) is 0 Å². The SMILES string of the molecule is Cc1nccn1-c1cc(NCCNS(=O)(=O)c2cc3c4c(c2)CCN4C(=O)CC3)ncn1. The first-order chi connectivity index (χ1) is 15.4. The smallest absolute Gasteiger partial charge is 0.240 e. The molecule has 0 aliphatic carbocycles. The number of sulfonamides is 1. The Morgan fingerprint density at radius 2 is 1.84 bits per heavy atom. The van der Waals surface area contributed by atoms with Gasteiger partial charge >= 0.3 is 0 Å². The van der Waals surface area contributed by atoms with Gasteiger partial charge in [-0.3, -0.25) is 9.36 Å². The van der Waals surface area contributed by atoms with Crippen LogP contribution in [0.15, 0.2) is 41.8 Å². The van der Waals surface area contributed by atoms with Crippen LogP contribution in [0.1, 0.15) is 23.4 Å². The van der Waals surface area contributed by atoms with Gasteiger partial charge in [-0.1, -0.05) is 0 Å². The van der Waals surface area contributed by atoms with Crippen molar-refractivity contribution in [2.45, 2.75) is 31.1 Å². The van der Waals surface area contributed by atoms with Crippen LogP contribution in [0.25, 0.3) is 5.82 Å². The summed E-state index contributed by atoms with van der Waals surface area (Å²) in [6.07, 6.45) is 6.65. The number of anilines is 2. The first kappa shape index (κ1) is 20.6. The maximum Gasteiger partial charge on any atom is 0.240 e. The second kappa shape index (κ2) is 7.99. The number of benzene rings is 1. The number of amides is 1. The van der Waals surface area contributed by atoms with E-state index >= 15 is 0 Å². The number of rotatable bonds is 7. The molecule has 166 valence electrons. The monoisotopic (exact) mass is 453 g/mol. The van der Waals surface area contributed by atoms with Gasteiger partial charge in [0.25, 0.3) is 0 Å². The molecule has 32 heavy (non-hydrogen) atoms. The lowest BCUT2D eigenvalue weighted by atomic mass is 10.00. The molecule has 0 spiro atoms. The molecule has 0 bridgehead atoms. The van der Waals surface area contributed by atoms with Gasteiger partial charge in [0.15, 0.2) is 0 Å². The average molecular weight is 454 g/mol. The van der Waals surface area contributed by atoms with Gasteiger partial charge in [0.05, 0.1) is 10.6 Å². The molecule has 2 aliphatic rings. The van der Waals surface area contributed by atoms with E-state index in [9.17, 15) is 13.2 Å². The van der Waals surface area contributed by atoms with Gasteiger partial charge in [0, 0.05) is 44.5 Å². The van der Waals surface area contributed by atoms with Crippen LogP contribution in [0.4, 0.5) is 11.5 Å². The lowest BCUT2D eigenvalue weighted by molar-refractivity contribution is -0.118. The van der Waals surface area contributed by atoms with Crippen LogP contribution >= 0.6 is 0 Å². The zero-order valence-corrected chi connectivity index (χ0v) is 18.4. The molecule has 11 heteroatoms. The van der Waals surface area contributed by atoms with Crippen LogP contribution in [-0.2, 0) is 27.7 Å².